The van der Waals surface area contributed by atoms with E-state index in [1.165, 1.54) is 12.8 Å². The van der Waals surface area contributed by atoms with Crippen molar-refractivity contribution in [2.45, 2.75) is 53.4 Å². The minimum Gasteiger partial charge on any atom is -0.497 e. The predicted molar refractivity (Wildman–Crippen MR) is 109 cm³/mol. The quantitative estimate of drug-likeness (QED) is 0.145. The van der Waals surface area contributed by atoms with Gasteiger partial charge in [0.25, 0.3) is 0 Å². The summed E-state index contributed by atoms with van der Waals surface area (Å²) in [6, 6.07) is 0. The minimum atomic E-state index is 0.500. The highest BCUT2D eigenvalue weighted by atomic mass is 16.5. The van der Waals surface area contributed by atoms with E-state index in [4.69, 9.17) is 9.47 Å². The standard InChI is InChI=1S/C18H32O2.C4H6O/c1-14(2)10-11-15(3)16(4)13-18(17(5)20-7)9-8-12-19-6;1-4(2)3-5/h13-15H,4-5,8-12H2,1-3,6-7H3;3H,1H2,2H3/b18-13-;. The first-order valence-electron chi connectivity index (χ1n) is 8.91. The maximum Gasteiger partial charge on any atom is 0.145 e. The molecule has 0 radical (unpaired) electrons. The summed E-state index contributed by atoms with van der Waals surface area (Å²) in [7, 11) is 3.39. The zero-order valence-corrected chi connectivity index (χ0v) is 17.2. The molecule has 1 unspecified atom stereocenters. The monoisotopic (exact) mass is 350 g/mol. The van der Waals surface area contributed by atoms with Crippen molar-refractivity contribution in [3.05, 3.63) is 48.3 Å². The third-order valence-corrected chi connectivity index (χ3v) is 3.77. The fraction of sp³-hybridized carbons (Fsp3) is 0.591. The average Bonchev–Trinajstić information content (AvgIpc) is 2.58. The van der Waals surface area contributed by atoms with Gasteiger partial charge in [-0.3, -0.25) is 4.79 Å². The Kier molecular flexibility index (Phi) is 16.3. The molecule has 0 aromatic rings. The van der Waals surface area contributed by atoms with Gasteiger partial charge in [-0.05, 0) is 49.2 Å². The maximum atomic E-state index is 9.41. The normalized spacial score (nSPS) is 12.0. The summed E-state index contributed by atoms with van der Waals surface area (Å²) in [6.07, 6.45) is 7.16. The Balaban J connectivity index is 0. The van der Waals surface area contributed by atoms with Crippen LogP contribution >= 0.6 is 0 Å². The number of methoxy groups -OCH3 is 2. The van der Waals surface area contributed by atoms with Crippen molar-refractivity contribution >= 4 is 6.29 Å². The zero-order chi connectivity index (χ0) is 19.8. The lowest BCUT2D eigenvalue weighted by atomic mass is 9.91. The van der Waals surface area contributed by atoms with Crippen LogP contribution in [0.15, 0.2) is 48.3 Å². The fourth-order valence-electron chi connectivity index (χ4n) is 1.96. The maximum absolute atomic E-state index is 9.41. The van der Waals surface area contributed by atoms with E-state index in [2.05, 4.69) is 46.6 Å². The van der Waals surface area contributed by atoms with Crippen molar-refractivity contribution < 1.29 is 14.3 Å². The van der Waals surface area contributed by atoms with E-state index >= 15 is 0 Å². The molecule has 3 nitrogen and oxygen atoms in total. The summed E-state index contributed by atoms with van der Waals surface area (Å²) < 4.78 is 10.4. The number of hydrogen-bond acceptors (Lipinski definition) is 3. The molecular weight excluding hydrogens is 312 g/mol. The molecule has 0 amide bonds. The van der Waals surface area contributed by atoms with Gasteiger partial charge < -0.3 is 9.47 Å². The van der Waals surface area contributed by atoms with E-state index in [0.717, 1.165) is 48.6 Å². The van der Waals surface area contributed by atoms with E-state index < -0.39 is 0 Å². The third-order valence-electron chi connectivity index (χ3n) is 3.77. The van der Waals surface area contributed by atoms with Gasteiger partial charge in [-0.15, -0.1) is 0 Å². The molecule has 0 aliphatic carbocycles. The van der Waals surface area contributed by atoms with Crippen molar-refractivity contribution in [2.75, 3.05) is 20.8 Å². The SMILES string of the molecule is C=C(C)C=O.C=C(OC)/C(=C\C(=C)C(C)CCC(C)C)CCCOC. The van der Waals surface area contributed by atoms with Crippen molar-refractivity contribution in [1.82, 2.24) is 0 Å². The Morgan fingerprint density at radius 3 is 2.04 bits per heavy atom. The summed E-state index contributed by atoms with van der Waals surface area (Å²) in [5.74, 6) is 1.97. The number of allylic oxidation sites excluding steroid dienone is 4. The zero-order valence-electron chi connectivity index (χ0n) is 17.2. The molecule has 0 aromatic heterocycles. The summed E-state index contributed by atoms with van der Waals surface area (Å²) in [4.78, 5) is 9.41. The van der Waals surface area contributed by atoms with Crippen LogP contribution in [-0.4, -0.2) is 27.1 Å². The van der Waals surface area contributed by atoms with Crippen LogP contribution < -0.4 is 0 Å². The molecular formula is C22H38O3. The number of rotatable bonds is 12. The molecule has 0 heterocycles. The summed E-state index contributed by atoms with van der Waals surface area (Å²) in [5.41, 5.74) is 2.87. The number of carbonyl (C=O) groups excluding carboxylic acids is 1. The van der Waals surface area contributed by atoms with Crippen molar-refractivity contribution in [2.24, 2.45) is 11.8 Å². The van der Waals surface area contributed by atoms with Gasteiger partial charge in [-0.2, -0.15) is 0 Å². The van der Waals surface area contributed by atoms with Gasteiger partial charge in [-0.1, -0.05) is 58.6 Å². The van der Waals surface area contributed by atoms with Crippen LogP contribution in [0.3, 0.4) is 0 Å². The molecule has 3 heteroatoms. The fourth-order valence-corrected chi connectivity index (χ4v) is 1.96. The number of carbonyl (C=O) groups is 1. The molecule has 0 bridgehead atoms. The first kappa shape index (κ1) is 25.6. The first-order valence-corrected chi connectivity index (χ1v) is 8.91. The van der Waals surface area contributed by atoms with Gasteiger partial charge in [0, 0.05) is 13.7 Å². The predicted octanol–water partition coefficient (Wildman–Crippen LogP) is 5.89. The van der Waals surface area contributed by atoms with Crippen LogP contribution in [-0.2, 0) is 14.3 Å². The largest absolute Gasteiger partial charge is 0.497 e. The van der Waals surface area contributed by atoms with E-state index in [-0.39, 0.29) is 0 Å². The van der Waals surface area contributed by atoms with Crippen LogP contribution in [0.1, 0.15) is 53.4 Å². The number of ether oxygens (including phenoxy) is 2. The highest BCUT2D eigenvalue weighted by Gasteiger charge is 2.09. The Hall–Kier alpha value is -1.61. The summed E-state index contributed by atoms with van der Waals surface area (Å²) in [6.45, 7) is 20.7. The molecule has 0 aliphatic heterocycles. The second-order valence-electron chi connectivity index (χ2n) is 6.80. The van der Waals surface area contributed by atoms with Gasteiger partial charge in [-0.25, -0.2) is 0 Å². The molecule has 0 saturated heterocycles. The van der Waals surface area contributed by atoms with Gasteiger partial charge in [0.1, 0.15) is 12.0 Å². The van der Waals surface area contributed by atoms with E-state index in [1.54, 1.807) is 21.1 Å². The Morgan fingerprint density at radius 2 is 1.64 bits per heavy atom. The minimum absolute atomic E-state index is 0.500. The third kappa shape index (κ3) is 15.6. The van der Waals surface area contributed by atoms with E-state index in [9.17, 15) is 4.79 Å². The molecule has 0 saturated carbocycles. The highest BCUT2D eigenvalue weighted by molar-refractivity contribution is 5.70. The topological polar surface area (TPSA) is 35.5 Å². The van der Waals surface area contributed by atoms with E-state index in [0.29, 0.717) is 11.5 Å². The van der Waals surface area contributed by atoms with Crippen molar-refractivity contribution in [3.8, 4) is 0 Å². The average molecular weight is 351 g/mol. The number of aldehydes is 1. The second kappa shape index (κ2) is 15.9. The Bertz CT molecular complexity index is 444. The molecule has 144 valence electrons. The van der Waals surface area contributed by atoms with Gasteiger partial charge in [0.15, 0.2) is 0 Å². The molecule has 0 aromatic carbocycles. The molecule has 0 spiro atoms. The summed E-state index contributed by atoms with van der Waals surface area (Å²) >= 11 is 0. The molecule has 0 fully saturated rings. The number of hydrogen-bond donors (Lipinski definition) is 0. The lowest BCUT2D eigenvalue weighted by Crippen LogP contribution is -2.02. The molecule has 0 N–H and O–H groups in total. The van der Waals surface area contributed by atoms with Crippen LogP contribution in [0.4, 0.5) is 0 Å². The Morgan fingerprint density at radius 1 is 1.08 bits per heavy atom. The summed E-state index contributed by atoms with van der Waals surface area (Å²) in [5, 5.41) is 0. The van der Waals surface area contributed by atoms with Gasteiger partial charge in [0.2, 0.25) is 0 Å². The molecule has 25 heavy (non-hydrogen) atoms. The molecule has 0 aliphatic rings. The second-order valence-corrected chi connectivity index (χ2v) is 6.80. The first-order chi connectivity index (χ1) is 11.7. The van der Waals surface area contributed by atoms with Crippen LogP contribution in [0.2, 0.25) is 0 Å². The van der Waals surface area contributed by atoms with Gasteiger partial charge >= 0.3 is 0 Å². The van der Waals surface area contributed by atoms with E-state index in [1.807, 2.05) is 0 Å². The van der Waals surface area contributed by atoms with Crippen molar-refractivity contribution in [1.29, 1.82) is 0 Å². The lowest BCUT2D eigenvalue weighted by molar-refractivity contribution is -0.104. The highest BCUT2D eigenvalue weighted by Crippen LogP contribution is 2.24. The van der Waals surface area contributed by atoms with Crippen LogP contribution in [0, 0.1) is 11.8 Å². The molecule has 1 atom stereocenters. The Labute approximate surface area is 155 Å². The molecule has 0 rings (SSSR count). The van der Waals surface area contributed by atoms with Crippen LogP contribution in [0.5, 0.6) is 0 Å². The van der Waals surface area contributed by atoms with Crippen molar-refractivity contribution in [3.63, 3.8) is 0 Å². The lowest BCUT2D eigenvalue weighted by Gasteiger charge is -2.16. The van der Waals surface area contributed by atoms with Crippen LogP contribution in [0.25, 0.3) is 0 Å². The van der Waals surface area contributed by atoms with Gasteiger partial charge in [0.05, 0.1) is 7.11 Å². The smallest absolute Gasteiger partial charge is 0.145 e.